The van der Waals surface area contributed by atoms with Crippen molar-refractivity contribution in [3.05, 3.63) is 10.8 Å². The fraction of sp³-hybridized carbons (Fsp3) is 0.636. The number of halogens is 1. The van der Waals surface area contributed by atoms with Crippen LogP contribution in [-0.2, 0) is 4.74 Å². The number of anilines is 1. The molecule has 6 heteroatoms. The number of rotatable bonds is 7. The summed E-state index contributed by atoms with van der Waals surface area (Å²) in [4.78, 5) is 8.24. The number of ether oxygens (including phenoxy) is 2. The summed E-state index contributed by atoms with van der Waals surface area (Å²) in [7, 11) is 1.64. The van der Waals surface area contributed by atoms with Gasteiger partial charge in [-0.3, -0.25) is 0 Å². The second-order valence-electron chi connectivity index (χ2n) is 3.65. The largest absolute Gasteiger partial charge is 0.471 e. The Morgan fingerprint density at radius 1 is 1.47 bits per heavy atom. The summed E-state index contributed by atoms with van der Waals surface area (Å²) >= 11 is 3.44. The summed E-state index contributed by atoms with van der Waals surface area (Å²) in [6.45, 7) is 5.41. The molecular formula is C11H18BrN3O2. The van der Waals surface area contributed by atoms with E-state index in [2.05, 4.69) is 38.1 Å². The van der Waals surface area contributed by atoms with E-state index in [1.54, 1.807) is 7.11 Å². The minimum atomic E-state index is -0.0507. The van der Waals surface area contributed by atoms with Gasteiger partial charge in [-0.1, -0.05) is 6.92 Å². The maximum Gasteiger partial charge on any atom is 0.233 e. The van der Waals surface area contributed by atoms with Crippen LogP contribution in [-0.4, -0.2) is 36.3 Å². The molecule has 0 saturated carbocycles. The van der Waals surface area contributed by atoms with E-state index in [1.165, 1.54) is 6.33 Å². The molecule has 96 valence electrons. The SMILES string of the molecule is CCCNc1ncnc(OC(C)COC)c1Br. The third-order valence-electron chi connectivity index (χ3n) is 2.01. The molecule has 1 aromatic heterocycles. The first-order valence-corrected chi connectivity index (χ1v) is 6.38. The van der Waals surface area contributed by atoms with Crippen LogP contribution in [0.15, 0.2) is 10.8 Å². The van der Waals surface area contributed by atoms with E-state index in [1.807, 2.05) is 6.92 Å². The number of nitrogens with one attached hydrogen (secondary N) is 1. The zero-order valence-electron chi connectivity index (χ0n) is 10.4. The van der Waals surface area contributed by atoms with Crippen LogP contribution in [0.4, 0.5) is 5.82 Å². The minimum Gasteiger partial charge on any atom is -0.471 e. The van der Waals surface area contributed by atoms with Crippen molar-refractivity contribution < 1.29 is 9.47 Å². The van der Waals surface area contributed by atoms with E-state index in [9.17, 15) is 0 Å². The first kappa shape index (κ1) is 14.2. The van der Waals surface area contributed by atoms with Crippen molar-refractivity contribution in [2.75, 3.05) is 25.6 Å². The van der Waals surface area contributed by atoms with E-state index < -0.39 is 0 Å². The van der Waals surface area contributed by atoms with E-state index in [-0.39, 0.29) is 6.10 Å². The van der Waals surface area contributed by atoms with Gasteiger partial charge >= 0.3 is 0 Å². The fourth-order valence-corrected chi connectivity index (χ4v) is 1.70. The van der Waals surface area contributed by atoms with Gasteiger partial charge in [0, 0.05) is 13.7 Å². The van der Waals surface area contributed by atoms with Gasteiger partial charge in [-0.15, -0.1) is 0 Å². The lowest BCUT2D eigenvalue weighted by atomic mass is 10.4. The third kappa shape index (κ3) is 4.47. The first-order chi connectivity index (χ1) is 8.19. The molecular weight excluding hydrogens is 286 g/mol. The molecule has 0 amide bonds. The van der Waals surface area contributed by atoms with Crippen molar-refractivity contribution in [1.82, 2.24) is 9.97 Å². The molecule has 0 saturated heterocycles. The Kier molecular flexibility index (Phi) is 6.21. The predicted molar refractivity (Wildman–Crippen MR) is 70.5 cm³/mol. The Morgan fingerprint density at radius 2 is 2.24 bits per heavy atom. The summed E-state index contributed by atoms with van der Waals surface area (Å²) in [5.41, 5.74) is 0. The molecule has 1 rings (SSSR count). The van der Waals surface area contributed by atoms with Crippen LogP contribution in [0.3, 0.4) is 0 Å². The Balaban J connectivity index is 2.72. The summed E-state index contributed by atoms with van der Waals surface area (Å²) in [5, 5.41) is 3.20. The Bertz CT molecular complexity index is 349. The number of hydrogen-bond donors (Lipinski definition) is 1. The van der Waals surface area contributed by atoms with E-state index >= 15 is 0 Å². The van der Waals surface area contributed by atoms with Gasteiger partial charge < -0.3 is 14.8 Å². The van der Waals surface area contributed by atoms with Crippen molar-refractivity contribution in [3.8, 4) is 5.88 Å². The van der Waals surface area contributed by atoms with Crippen LogP contribution in [0.5, 0.6) is 5.88 Å². The fourth-order valence-electron chi connectivity index (χ4n) is 1.26. The average Bonchev–Trinajstić information content (AvgIpc) is 2.30. The van der Waals surface area contributed by atoms with Crippen LogP contribution in [0.25, 0.3) is 0 Å². The number of aromatic nitrogens is 2. The van der Waals surface area contributed by atoms with Gasteiger partial charge in [-0.05, 0) is 29.3 Å². The summed E-state index contributed by atoms with van der Waals surface area (Å²) in [5.74, 6) is 1.28. The highest BCUT2D eigenvalue weighted by molar-refractivity contribution is 9.10. The molecule has 1 N–H and O–H groups in total. The van der Waals surface area contributed by atoms with Gasteiger partial charge in [0.2, 0.25) is 5.88 Å². The topological polar surface area (TPSA) is 56.3 Å². The third-order valence-corrected chi connectivity index (χ3v) is 2.73. The van der Waals surface area contributed by atoms with Gasteiger partial charge in [0.15, 0.2) is 0 Å². The van der Waals surface area contributed by atoms with Crippen molar-refractivity contribution in [2.24, 2.45) is 0 Å². The second-order valence-corrected chi connectivity index (χ2v) is 4.44. The van der Waals surface area contributed by atoms with Crippen LogP contribution in [0, 0.1) is 0 Å². The van der Waals surface area contributed by atoms with Crippen molar-refractivity contribution in [2.45, 2.75) is 26.4 Å². The summed E-state index contributed by atoms with van der Waals surface area (Å²) in [6.07, 6.45) is 2.47. The van der Waals surface area contributed by atoms with Crippen LogP contribution < -0.4 is 10.1 Å². The molecule has 0 aliphatic rings. The molecule has 1 aromatic rings. The van der Waals surface area contributed by atoms with Gasteiger partial charge in [0.1, 0.15) is 22.7 Å². The first-order valence-electron chi connectivity index (χ1n) is 5.59. The quantitative estimate of drug-likeness (QED) is 0.838. The van der Waals surface area contributed by atoms with Gasteiger partial charge in [0.25, 0.3) is 0 Å². The molecule has 5 nitrogen and oxygen atoms in total. The molecule has 0 spiro atoms. The zero-order chi connectivity index (χ0) is 12.7. The Hall–Kier alpha value is -0.880. The lowest BCUT2D eigenvalue weighted by Crippen LogP contribution is -2.19. The summed E-state index contributed by atoms with van der Waals surface area (Å²) in [6, 6.07) is 0. The van der Waals surface area contributed by atoms with Crippen LogP contribution in [0.2, 0.25) is 0 Å². The van der Waals surface area contributed by atoms with Crippen molar-refractivity contribution in [1.29, 1.82) is 0 Å². The van der Waals surface area contributed by atoms with Crippen molar-refractivity contribution >= 4 is 21.7 Å². The molecule has 0 aliphatic carbocycles. The van der Waals surface area contributed by atoms with Crippen molar-refractivity contribution in [3.63, 3.8) is 0 Å². The molecule has 0 aliphatic heterocycles. The molecule has 0 radical (unpaired) electrons. The maximum absolute atomic E-state index is 5.64. The number of methoxy groups -OCH3 is 1. The van der Waals surface area contributed by atoms with Gasteiger partial charge in [-0.25, -0.2) is 9.97 Å². The van der Waals surface area contributed by atoms with Crippen LogP contribution in [0.1, 0.15) is 20.3 Å². The normalized spacial score (nSPS) is 12.2. The Labute approximate surface area is 110 Å². The van der Waals surface area contributed by atoms with Gasteiger partial charge in [0.05, 0.1) is 6.61 Å². The smallest absolute Gasteiger partial charge is 0.233 e. The van der Waals surface area contributed by atoms with E-state index in [4.69, 9.17) is 9.47 Å². The predicted octanol–water partition coefficient (Wildman–Crippen LogP) is 2.47. The average molecular weight is 304 g/mol. The molecule has 0 aromatic carbocycles. The standard InChI is InChI=1S/C11H18BrN3O2/c1-4-5-13-10-9(12)11(15-7-14-10)17-8(2)6-16-3/h7-8H,4-6H2,1-3H3,(H,13,14,15). The molecule has 1 atom stereocenters. The lowest BCUT2D eigenvalue weighted by molar-refractivity contribution is 0.0883. The monoisotopic (exact) mass is 303 g/mol. The van der Waals surface area contributed by atoms with Crippen LogP contribution >= 0.6 is 15.9 Å². The maximum atomic E-state index is 5.64. The highest BCUT2D eigenvalue weighted by Crippen LogP contribution is 2.28. The Morgan fingerprint density at radius 3 is 2.88 bits per heavy atom. The van der Waals surface area contributed by atoms with E-state index in [0.29, 0.717) is 12.5 Å². The van der Waals surface area contributed by atoms with Gasteiger partial charge in [-0.2, -0.15) is 0 Å². The summed E-state index contributed by atoms with van der Waals surface area (Å²) < 4.78 is 11.4. The van der Waals surface area contributed by atoms with E-state index in [0.717, 1.165) is 23.3 Å². The highest BCUT2D eigenvalue weighted by atomic mass is 79.9. The minimum absolute atomic E-state index is 0.0507. The molecule has 0 bridgehead atoms. The number of nitrogens with zero attached hydrogens (tertiary/aromatic N) is 2. The molecule has 0 fully saturated rings. The lowest BCUT2D eigenvalue weighted by Gasteiger charge is -2.15. The molecule has 1 unspecified atom stereocenters. The second kappa shape index (κ2) is 7.45. The number of hydrogen-bond acceptors (Lipinski definition) is 5. The highest BCUT2D eigenvalue weighted by Gasteiger charge is 2.12. The zero-order valence-corrected chi connectivity index (χ0v) is 12.0. The molecule has 1 heterocycles. The molecule has 17 heavy (non-hydrogen) atoms.